The number of nitrogens with zero attached hydrogens (tertiary/aromatic N) is 2. The van der Waals surface area contributed by atoms with Crippen LogP contribution in [-0.4, -0.2) is 28.6 Å². The highest BCUT2D eigenvalue weighted by atomic mass is 19.4. The fraction of sp³-hybridized carbons (Fsp3) is 0.444. The van der Waals surface area contributed by atoms with Crippen LogP contribution in [0.25, 0.3) is 0 Å². The average molecular weight is 370 g/mol. The van der Waals surface area contributed by atoms with Crippen LogP contribution in [0.5, 0.6) is 0 Å². The summed E-state index contributed by atoms with van der Waals surface area (Å²) >= 11 is 0. The summed E-state index contributed by atoms with van der Waals surface area (Å²) in [7, 11) is 1.61. The van der Waals surface area contributed by atoms with Gasteiger partial charge in [-0.25, -0.2) is 0 Å². The number of ketones is 1. The molecule has 0 bridgehead atoms. The van der Waals surface area contributed by atoms with Gasteiger partial charge in [-0.3, -0.25) is 9.59 Å². The van der Waals surface area contributed by atoms with Gasteiger partial charge in [-0.15, -0.1) is 0 Å². The number of Topliss-reactive ketones (excluding diaryl/α,β-unsaturated/α-hetero) is 1. The Morgan fingerprint density at radius 3 is 2.54 bits per heavy atom. The van der Waals surface area contributed by atoms with E-state index in [1.807, 2.05) is 11.5 Å². The molecular formula is C18H21F3N2O3. The number of carbonyl (C=O) groups excluding carboxylic acids is 1. The molecule has 0 aromatic carbocycles. The molecule has 0 aliphatic carbocycles. The second-order valence-electron chi connectivity index (χ2n) is 6.09. The van der Waals surface area contributed by atoms with Crippen molar-refractivity contribution in [2.45, 2.75) is 39.5 Å². The van der Waals surface area contributed by atoms with Crippen LogP contribution in [0, 0.1) is 13.8 Å². The number of rotatable bonds is 7. The molecule has 0 unspecified atom stereocenters. The van der Waals surface area contributed by atoms with Crippen LogP contribution in [0.2, 0.25) is 0 Å². The molecule has 0 atom stereocenters. The molecule has 0 fully saturated rings. The van der Waals surface area contributed by atoms with Gasteiger partial charge in [0.1, 0.15) is 0 Å². The maximum absolute atomic E-state index is 12.8. The molecule has 2 rings (SSSR count). The average Bonchev–Trinajstić information content (AvgIpc) is 2.84. The van der Waals surface area contributed by atoms with Gasteiger partial charge in [-0.05, 0) is 32.4 Å². The number of methoxy groups -OCH3 is 1. The van der Waals surface area contributed by atoms with Crippen LogP contribution in [0.4, 0.5) is 13.2 Å². The molecule has 0 spiro atoms. The largest absolute Gasteiger partial charge is 0.417 e. The summed E-state index contributed by atoms with van der Waals surface area (Å²) in [5.74, 6) is -0.405. The summed E-state index contributed by atoms with van der Waals surface area (Å²) in [5, 5.41) is 0. The Labute approximate surface area is 149 Å². The molecule has 2 aromatic rings. The van der Waals surface area contributed by atoms with E-state index in [1.54, 1.807) is 20.1 Å². The normalized spacial score (nSPS) is 11.8. The van der Waals surface area contributed by atoms with Gasteiger partial charge in [0.25, 0.3) is 5.56 Å². The highest BCUT2D eigenvalue weighted by Crippen LogP contribution is 2.28. The Morgan fingerprint density at radius 1 is 1.23 bits per heavy atom. The van der Waals surface area contributed by atoms with Crippen molar-refractivity contribution in [1.82, 2.24) is 9.13 Å². The number of hydrogen-bond acceptors (Lipinski definition) is 3. The molecule has 0 saturated carbocycles. The Balaban J connectivity index is 2.26. The summed E-state index contributed by atoms with van der Waals surface area (Å²) in [5.41, 5.74) is 0.390. The third kappa shape index (κ3) is 4.43. The molecular weight excluding hydrogens is 349 g/mol. The number of hydrogen-bond donors (Lipinski definition) is 0. The van der Waals surface area contributed by atoms with Crippen molar-refractivity contribution in [2.24, 2.45) is 0 Å². The zero-order valence-electron chi connectivity index (χ0n) is 14.9. The number of halogens is 3. The van der Waals surface area contributed by atoms with Gasteiger partial charge >= 0.3 is 6.18 Å². The van der Waals surface area contributed by atoms with Gasteiger partial charge in [0.15, 0.2) is 5.78 Å². The summed E-state index contributed by atoms with van der Waals surface area (Å²) in [6.45, 7) is 4.45. The van der Waals surface area contributed by atoms with Gasteiger partial charge in [0.2, 0.25) is 0 Å². The Morgan fingerprint density at radius 2 is 1.92 bits per heavy atom. The van der Waals surface area contributed by atoms with Crippen LogP contribution in [0.3, 0.4) is 0 Å². The third-order valence-electron chi connectivity index (χ3n) is 4.23. The molecule has 8 heteroatoms. The van der Waals surface area contributed by atoms with Crippen molar-refractivity contribution >= 4 is 5.78 Å². The molecule has 0 amide bonds. The topological polar surface area (TPSA) is 53.2 Å². The van der Waals surface area contributed by atoms with Gasteiger partial charge < -0.3 is 13.9 Å². The fourth-order valence-electron chi connectivity index (χ4n) is 2.86. The van der Waals surface area contributed by atoms with E-state index in [-0.39, 0.29) is 0 Å². The van der Waals surface area contributed by atoms with E-state index in [1.165, 1.54) is 0 Å². The number of alkyl halides is 3. The predicted molar refractivity (Wildman–Crippen MR) is 90.4 cm³/mol. The lowest BCUT2D eigenvalue weighted by Crippen LogP contribution is -2.25. The highest BCUT2D eigenvalue weighted by molar-refractivity contribution is 5.97. The lowest BCUT2D eigenvalue weighted by molar-refractivity contribution is -0.138. The molecule has 0 radical (unpaired) electrons. The number of carbonyl (C=O) groups is 1. The van der Waals surface area contributed by atoms with Crippen LogP contribution in [0.15, 0.2) is 29.2 Å². The van der Waals surface area contributed by atoms with E-state index >= 15 is 0 Å². The Kier molecular flexibility index (Phi) is 6.07. The Bertz CT molecular complexity index is 850. The first-order valence-electron chi connectivity index (χ1n) is 8.11. The lowest BCUT2D eigenvalue weighted by Gasteiger charge is -2.11. The van der Waals surface area contributed by atoms with Crippen molar-refractivity contribution in [1.29, 1.82) is 0 Å². The van der Waals surface area contributed by atoms with E-state index in [4.69, 9.17) is 4.74 Å². The van der Waals surface area contributed by atoms with Gasteiger partial charge in [0.05, 0.1) is 12.1 Å². The first kappa shape index (κ1) is 20.0. The van der Waals surface area contributed by atoms with Crippen molar-refractivity contribution in [3.63, 3.8) is 0 Å². The molecule has 2 heterocycles. The summed E-state index contributed by atoms with van der Waals surface area (Å²) in [6.07, 6.45) is -3.12. The van der Waals surface area contributed by atoms with Crippen molar-refractivity contribution in [3.8, 4) is 0 Å². The molecule has 0 aliphatic heterocycles. The second-order valence-corrected chi connectivity index (χ2v) is 6.09. The summed E-state index contributed by atoms with van der Waals surface area (Å²) in [6, 6.07) is 3.23. The minimum Gasteiger partial charge on any atom is -0.385 e. The maximum Gasteiger partial charge on any atom is 0.417 e. The fourth-order valence-corrected chi connectivity index (χ4v) is 2.86. The van der Waals surface area contributed by atoms with Gasteiger partial charge in [-0.2, -0.15) is 13.2 Å². The van der Waals surface area contributed by atoms with Crippen LogP contribution < -0.4 is 5.56 Å². The first-order valence-corrected chi connectivity index (χ1v) is 8.11. The molecule has 5 nitrogen and oxygen atoms in total. The zero-order valence-corrected chi connectivity index (χ0v) is 14.9. The van der Waals surface area contributed by atoms with Crippen molar-refractivity contribution < 1.29 is 22.7 Å². The number of aromatic nitrogens is 2. The third-order valence-corrected chi connectivity index (χ3v) is 4.23. The summed E-state index contributed by atoms with van der Waals surface area (Å²) in [4.78, 5) is 24.4. The zero-order chi connectivity index (χ0) is 19.5. The van der Waals surface area contributed by atoms with E-state index in [0.717, 1.165) is 28.4 Å². The van der Waals surface area contributed by atoms with Crippen molar-refractivity contribution in [3.05, 3.63) is 57.3 Å². The molecule has 142 valence electrons. The standard InChI is InChI=1S/C18H21F3N2O3/c1-12-9-15(13(2)23(12)7-4-8-26-3)16(24)11-22-10-14(18(19,20)21)5-6-17(22)25/h5-6,9-10H,4,7-8,11H2,1-3H3. The van der Waals surface area contributed by atoms with Crippen LogP contribution >= 0.6 is 0 Å². The molecule has 2 aromatic heterocycles. The SMILES string of the molecule is COCCCn1c(C)cc(C(=O)Cn2cc(C(F)(F)F)ccc2=O)c1C. The van der Waals surface area contributed by atoms with E-state index in [2.05, 4.69) is 0 Å². The monoisotopic (exact) mass is 370 g/mol. The molecule has 0 N–H and O–H groups in total. The quantitative estimate of drug-likeness (QED) is 0.556. The first-order chi connectivity index (χ1) is 12.1. The van der Waals surface area contributed by atoms with Crippen LogP contribution in [0.1, 0.15) is 33.7 Å². The predicted octanol–water partition coefficient (Wildman–Crippen LogP) is 3.20. The van der Waals surface area contributed by atoms with Crippen molar-refractivity contribution in [2.75, 3.05) is 13.7 Å². The smallest absolute Gasteiger partial charge is 0.385 e. The minimum absolute atomic E-state index is 0.405. The number of aryl methyl sites for hydroxylation is 1. The van der Waals surface area contributed by atoms with Gasteiger partial charge in [0, 0.05) is 49.5 Å². The number of pyridine rings is 1. The van der Waals surface area contributed by atoms with Gasteiger partial charge in [-0.1, -0.05) is 0 Å². The maximum atomic E-state index is 12.8. The molecule has 0 saturated heterocycles. The van der Waals surface area contributed by atoms with E-state index < -0.39 is 29.6 Å². The molecule has 0 aliphatic rings. The number of ether oxygens (including phenoxy) is 1. The second kappa shape index (κ2) is 7.90. The molecule has 26 heavy (non-hydrogen) atoms. The Hall–Kier alpha value is -2.35. The van der Waals surface area contributed by atoms with Crippen LogP contribution in [-0.2, 0) is 24.0 Å². The van der Waals surface area contributed by atoms with E-state index in [9.17, 15) is 22.8 Å². The highest BCUT2D eigenvalue weighted by Gasteiger charge is 2.31. The minimum atomic E-state index is -4.57. The summed E-state index contributed by atoms with van der Waals surface area (Å²) < 4.78 is 46.2. The van der Waals surface area contributed by atoms with E-state index in [0.29, 0.717) is 31.0 Å². The lowest BCUT2D eigenvalue weighted by atomic mass is 10.1.